The molecule has 16 heavy (non-hydrogen) atoms. The second-order valence-electron chi connectivity index (χ2n) is 4.16. The molecule has 2 N–H and O–H groups in total. The first kappa shape index (κ1) is 11.1. The molecule has 0 saturated carbocycles. The summed E-state index contributed by atoms with van der Waals surface area (Å²) in [5.41, 5.74) is 9.17. The van der Waals surface area contributed by atoms with Crippen LogP contribution < -0.4 is 5.73 Å². The Morgan fingerprint density at radius 2 is 2.19 bits per heavy atom. The molecule has 86 valence electrons. The van der Waals surface area contributed by atoms with Gasteiger partial charge in [-0.25, -0.2) is 4.98 Å². The van der Waals surface area contributed by atoms with Crippen LogP contribution >= 0.6 is 0 Å². The second kappa shape index (κ2) is 4.66. The van der Waals surface area contributed by atoms with Gasteiger partial charge in [0, 0.05) is 13.5 Å². The zero-order valence-corrected chi connectivity index (χ0v) is 10.0. The molecule has 1 heterocycles. The topological polar surface area (TPSA) is 43.8 Å². The van der Waals surface area contributed by atoms with Gasteiger partial charge in [-0.2, -0.15) is 0 Å². The first-order valence-electron chi connectivity index (χ1n) is 5.90. The fourth-order valence-corrected chi connectivity index (χ4v) is 2.07. The number of imidazole rings is 1. The highest BCUT2D eigenvalue weighted by Gasteiger charge is 2.06. The van der Waals surface area contributed by atoms with E-state index in [-0.39, 0.29) is 0 Å². The molecule has 0 aliphatic carbocycles. The summed E-state index contributed by atoms with van der Waals surface area (Å²) >= 11 is 0. The summed E-state index contributed by atoms with van der Waals surface area (Å²) in [6.07, 6.45) is 3.06. The van der Waals surface area contributed by atoms with Crippen molar-refractivity contribution >= 4 is 11.0 Å². The first-order valence-corrected chi connectivity index (χ1v) is 5.90. The molecule has 3 nitrogen and oxygen atoms in total. The number of aromatic nitrogens is 2. The molecule has 1 aromatic carbocycles. The molecule has 0 aliphatic heterocycles. The lowest BCUT2D eigenvalue weighted by Crippen LogP contribution is -2.00. The predicted molar refractivity (Wildman–Crippen MR) is 67.5 cm³/mol. The molecule has 0 spiro atoms. The van der Waals surface area contributed by atoms with Crippen LogP contribution in [-0.4, -0.2) is 16.1 Å². The van der Waals surface area contributed by atoms with E-state index in [4.69, 9.17) is 5.73 Å². The van der Waals surface area contributed by atoms with Crippen molar-refractivity contribution < 1.29 is 0 Å². The van der Waals surface area contributed by atoms with Crippen molar-refractivity contribution in [3.63, 3.8) is 0 Å². The van der Waals surface area contributed by atoms with E-state index in [2.05, 4.69) is 41.7 Å². The maximum atomic E-state index is 5.52. The Morgan fingerprint density at radius 1 is 1.38 bits per heavy atom. The molecular weight excluding hydrogens is 198 g/mol. The maximum Gasteiger partial charge on any atom is 0.109 e. The van der Waals surface area contributed by atoms with Gasteiger partial charge in [-0.15, -0.1) is 0 Å². The molecule has 1 aromatic heterocycles. The van der Waals surface area contributed by atoms with E-state index in [1.165, 1.54) is 11.1 Å². The van der Waals surface area contributed by atoms with Gasteiger partial charge in [0.1, 0.15) is 5.82 Å². The Morgan fingerprint density at radius 3 is 2.88 bits per heavy atom. The number of hydrogen-bond donors (Lipinski definition) is 1. The third-order valence-corrected chi connectivity index (χ3v) is 3.02. The lowest BCUT2D eigenvalue weighted by molar-refractivity contribution is 0.828. The zero-order valence-electron chi connectivity index (χ0n) is 10.0. The maximum absolute atomic E-state index is 5.52. The van der Waals surface area contributed by atoms with Crippen molar-refractivity contribution in [1.82, 2.24) is 9.55 Å². The minimum atomic E-state index is 0.750. The third-order valence-electron chi connectivity index (χ3n) is 3.02. The molecule has 0 saturated heterocycles. The van der Waals surface area contributed by atoms with Gasteiger partial charge in [-0.05, 0) is 37.1 Å². The monoisotopic (exact) mass is 217 g/mol. The van der Waals surface area contributed by atoms with Crippen molar-refractivity contribution in [3.05, 3.63) is 29.6 Å². The lowest BCUT2D eigenvalue weighted by atomic mass is 10.1. The number of aryl methyl sites for hydroxylation is 3. The largest absolute Gasteiger partial charge is 0.331 e. The number of hydrogen-bond acceptors (Lipinski definition) is 2. The molecular formula is C13H19N3. The summed E-state index contributed by atoms with van der Waals surface area (Å²) in [4.78, 5) is 4.63. The quantitative estimate of drug-likeness (QED) is 0.851. The van der Waals surface area contributed by atoms with E-state index in [0.29, 0.717) is 0 Å². The summed E-state index contributed by atoms with van der Waals surface area (Å²) < 4.78 is 2.17. The zero-order chi connectivity index (χ0) is 11.5. The van der Waals surface area contributed by atoms with Crippen LogP contribution in [-0.2, 0) is 19.9 Å². The van der Waals surface area contributed by atoms with Crippen LogP contribution in [0.2, 0.25) is 0 Å². The molecule has 0 fully saturated rings. The summed E-state index contributed by atoms with van der Waals surface area (Å²) in [6.45, 7) is 2.89. The summed E-state index contributed by atoms with van der Waals surface area (Å²) in [6, 6.07) is 6.52. The molecule has 0 radical (unpaired) electrons. The summed E-state index contributed by atoms with van der Waals surface area (Å²) in [5.74, 6) is 1.14. The van der Waals surface area contributed by atoms with E-state index < -0.39 is 0 Å². The third kappa shape index (κ3) is 1.95. The van der Waals surface area contributed by atoms with Gasteiger partial charge in [0.2, 0.25) is 0 Å². The average molecular weight is 217 g/mol. The number of fused-ring (bicyclic) bond motifs is 1. The van der Waals surface area contributed by atoms with Crippen LogP contribution in [0.25, 0.3) is 11.0 Å². The highest BCUT2D eigenvalue weighted by Crippen LogP contribution is 2.17. The van der Waals surface area contributed by atoms with Gasteiger partial charge in [-0.1, -0.05) is 13.0 Å². The molecule has 2 rings (SSSR count). The van der Waals surface area contributed by atoms with Crippen LogP contribution in [0.4, 0.5) is 0 Å². The minimum Gasteiger partial charge on any atom is -0.331 e. The standard InChI is InChI=1S/C13H19N3/c1-3-13-15-11-9-10(5-4-8-14)6-7-12(11)16(13)2/h6-7,9H,3-5,8,14H2,1-2H3. The van der Waals surface area contributed by atoms with Crippen LogP contribution in [0, 0.1) is 0 Å². The van der Waals surface area contributed by atoms with Crippen molar-refractivity contribution in [2.24, 2.45) is 12.8 Å². The highest BCUT2D eigenvalue weighted by molar-refractivity contribution is 5.76. The Labute approximate surface area is 96.3 Å². The van der Waals surface area contributed by atoms with Gasteiger partial charge in [0.25, 0.3) is 0 Å². The fraction of sp³-hybridized carbons (Fsp3) is 0.462. The van der Waals surface area contributed by atoms with Crippen LogP contribution in [0.5, 0.6) is 0 Å². The van der Waals surface area contributed by atoms with E-state index in [1.807, 2.05) is 0 Å². The number of nitrogens with two attached hydrogens (primary N) is 1. The fourth-order valence-electron chi connectivity index (χ4n) is 2.07. The normalized spacial score (nSPS) is 11.2. The molecule has 0 atom stereocenters. The summed E-state index contributed by atoms with van der Waals surface area (Å²) in [5, 5.41) is 0. The Balaban J connectivity index is 2.38. The van der Waals surface area contributed by atoms with Gasteiger partial charge in [0.15, 0.2) is 0 Å². The van der Waals surface area contributed by atoms with Crippen molar-refractivity contribution in [2.45, 2.75) is 26.2 Å². The first-order chi connectivity index (χ1) is 7.76. The molecule has 0 bridgehead atoms. The van der Waals surface area contributed by atoms with E-state index in [9.17, 15) is 0 Å². The molecule has 0 unspecified atom stereocenters. The van der Waals surface area contributed by atoms with Crippen LogP contribution in [0.1, 0.15) is 24.7 Å². The van der Waals surface area contributed by atoms with Gasteiger partial charge >= 0.3 is 0 Å². The van der Waals surface area contributed by atoms with Gasteiger partial charge in [0.05, 0.1) is 11.0 Å². The number of rotatable bonds is 4. The smallest absolute Gasteiger partial charge is 0.109 e. The van der Waals surface area contributed by atoms with Crippen molar-refractivity contribution in [3.8, 4) is 0 Å². The SMILES string of the molecule is CCc1nc2cc(CCCN)ccc2n1C. The Bertz CT molecular complexity index is 485. The molecule has 0 aliphatic rings. The highest BCUT2D eigenvalue weighted by atomic mass is 15.1. The van der Waals surface area contributed by atoms with Gasteiger partial charge in [-0.3, -0.25) is 0 Å². The number of benzene rings is 1. The lowest BCUT2D eigenvalue weighted by Gasteiger charge is -2.01. The Kier molecular flexibility index (Phi) is 3.25. The average Bonchev–Trinajstić information content (AvgIpc) is 2.63. The van der Waals surface area contributed by atoms with Crippen LogP contribution in [0.3, 0.4) is 0 Å². The van der Waals surface area contributed by atoms with Gasteiger partial charge < -0.3 is 10.3 Å². The molecule has 0 amide bonds. The predicted octanol–water partition coefficient (Wildman–Crippen LogP) is 2.03. The summed E-state index contributed by atoms with van der Waals surface area (Å²) in [7, 11) is 2.08. The molecule has 2 aromatic rings. The van der Waals surface area contributed by atoms with Crippen molar-refractivity contribution in [2.75, 3.05) is 6.54 Å². The van der Waals surface area contributed by atoms with Crippen molar-refractivity contribution in [1.29, 1.82) is 0 Å². The minimum absolute atomic E-state index is 0.750. The van der Waals surface area contributed by atoms with Crippen LogP contribution in [0.15, 0.2) is 18.2 Å². The van der Waals surface area contributed by atoms with E-state index >= 15 is 0 Å². The second-order valence-corrected chi connectivity index (χ2v) is 4.16. The number of nitrogens with zero attached hydrogens (tertiary/aromatic N) is 2. The van der Waals surface area contributed by atoms with E-state index in [1.54, 1.807) is 0 Å². The Hall–Kier alpha value is -1.35. The van der Waals surface area contributed by atoms with E-state index in [0.717, 1.165) is 37.1 Å². The molecule has 3 heteroatoms.